The normalized spacial score (nSPS) is 13.2. The van der Waals surface area contributed by atoms with Gasteiger partial charge in [-0.15, -0.1) is 0 Å². The van der Waals surface area contributed by atoms with E-state index in [4.69, 9.17) is 5.21 Å². The number of hydrogen-bond acceptors (Lipinski definition) is 6. The molecular formula is C23H22N6O2. The van der Waals surface area contributed by atoms with Gasteiger partial charge in [-0.2, -0.15) is 0 Å². The van der Waals surface area contributed by atoms with Gasteiger partial charge in [0, 0.05) is 66.8 Å². The standard InChI is InChI=1S/C23H22N6O2/c1-24-17-5-2-14(3-6-17)15-4-7-20-18(10-15)19-13-29(9-8-21(19)27-20)23-25-11-16(12-26-23)22(30)28-31/h2-7,10-12,24,27,31H,8-9,13H2,1H3,(H,28,30). The van der Waals surface area contributed by atoms with E-state index in [0.29, 0.717) is 12.5 Å². The topological polar surface area (TPSA) is 106 Å². The Balaban J connectivity index is 1.46. The average Bonchev–Trinajstić information content (AvgIpc) is 3.21. The van der Waals surface area contributed by atoms with Gasteiger partial charge in [0.2, 0.25) is 5.95 Å². The summed E-state index contributed by atoms with van der Waals surface area (Å²) in [6.45, 7) is 1.47. The van der Waals surface area contributed by atoms with Gasteiger partial charge < -0.3 is 15.2 Å². The van der Waals surface area contributed by atoms with E-state index in [1.165, 1.54) is 40.2 Å². The third kappa shape index (κ3) is 3.47. The van der Waals surface area contributed by atoms with Crippen molar-refractivity contribution < 1.29 is 10.0 Å². The van der Waals surface area contributed by atoms with Crippen molar-refractivity contribution in [2.45, 2.75) is 13.0 Å². The van der Waals surface area contributed by atoms with Crippen molar-refractivity contribution in [1.29, 1.82) is 0 Å². The van der Waals surface area contributed by atoms with E-state index in [0.717, 1.165) is 24.2 Å². The molecule has 3 heterocycles. The molecule has 1 aliphatic rings. The molecule has 156 valence electrons. The smallest absolute Gasteiger partial charge is 0.277 e. The first kappa shape index (κ1) is 19.1. The van der Waals surface area contributed by atoms with Crippen LogP contribution in [0.1, 0.15) is 21.6 Å². The summed E-state index contributed by atoms with van der Waals surface area (Å²) in [7, 11) is 1.91. The number of nitrogens with one attached hydrogen (secondary N) is 3. The number of hydroxylamine groups is 1. The van der Waals surface area contributed by atoms with Crippen LogP contribution >= 0.6 is 0 Å². The fourth-order valence-electron chi connectivity index (χ4n) is 4.06. The van der Waals surface area contributed by atoms with Gasteiger partial charge in [-0.1, -0.05) is 18.2 Å². The molecule has 0 radical (unpaired) electrons. The second kappa shape index (κ2) is 7.73. The summed E-state index contributed by atoms with van der Waals surface area (Å²) < 4.78 is 0. The molecule has 0 fully saturated rings. The second-order valence-electron chi connectivity index (χ2n) is 7.55. The minimum absolute atomic E-state index is 0.213. The minimum Gasteiger partial charge on any atom is -0.388 e. The van der Waals surface area contributed by atoms with E-state index >= 15 is 0 Å². The summed E-state index contributed by atoms with van der Waals surface area (Å²) in [5, 5.41) is 13.1. The van der Waals surface area contributed by atoms with Crippen LogP contribution in [0.3, 0.4) is 0 Å². The summed E-state index contributed by atoms with van der Waals surface area (Å²) in [6.07, 6.45) is 3.70. The number of aromatic nitrogens is 3. The van der Waals surface area contributed by atoms with Gasteiger partial charge in [0.15, 0.2) is 0 Å². The number of anilines is 2. The van der Waals surface area contributed by atoms with Gasteiger partial charge in [-0.25, -0.2) is 15.4 Å². The fourth-order valence-corrected chi connectivity index (χ4v) is 4.06. The van der Waals surface area contributed by atoms with Gasteiger partial charge in [0.05, 0.1) is 5.56 Å². The Labute approximate surface area is 178 Å². The molecule has 2 aromatic carbocycles. The molecule has 5 rings (SSSR count). The average molecular weight is 414 g/mol. The largest absolute Gasteiger partial charge is 0.388 e. The Morgan fingerprint density at radius 3 is 2.55 bits per heavy atom. The highest BCUT2D eigenvalue weighted by Gasteiger charge is 2.23. The number of fused-ring (bicyclic) bond motifs is 3. The Kier molecular flexibility index (Phi) is 4.76. The molecule has 2 aromatic heterocycles. The van der Waals surface area contributed by atoms with Crippen molar-refractivity contribution in [3.63, 3.8) is 0 Å². The SMILES string of the molecule is CNc1ccc(-c2ccc3[nH]c4c(c3c2)CN(c2ncc(C(=O)NO)cn2)CC4)cc1. The van der Waals surface area contributed by atoms with Crippen LogP contribution in [0.2, 0.25) is 0 Å². The van der Waals surface area contributed by atoms with Crippen molar-refractivity contribution in [1.82, 2.24) is 20.4 Å². The molecule has 1 aliphatic heterocycles. The number of H-pyrrole nitrogens is 1. The highest BCUT2D eigenvalue weighted by molar-refractivity contribution is 5.93. The number of aromatic amines is 1. The van der Waals surface area contributed by atoms with E-state index in [-0.39, 0.29) is 5.56 Å². The first-order valence-corrected chi connectivity index (χ1v) is 10.1. The van der Waals surface area contributed by atoms with Crippen molar-refractivity contribution in [3.05, 3.63) is 71.7 Å². The lowest BCUT2D eigenvalue weighted by molar-refractivity contribution is 0.0705. The number of carbonyl (C=O) groups is 1. The number of rotatable bonds is 4. The summed E-state index contributed by atoms with van der Waals surface area (Å²) in [4.78, 5) is 25.8. The van der Waals surface area contributed by atoms with Gasteiger partial charge in [0.25, 0.3) is 5.91 Å². The van der Waals surface area contributed by atoms with Crippen LogP contribution < -0.4 is 15.7 Å². The first-order valence-electron chi connectivity index (χ1n) is 10.1. The maximum absolute atomic E-state index is 11.5. The highest BCUT2D eigenvalue weighted by atomic mass is 16.5. The molecule has 8 nitrogen and oxygen atoms in total. The van der Waals surface area contributed by atoms with Crippen LogP contribution in [0.4, 0.5) is 11.6 Å². The zero-order valence-electron chi connectivity index (χ0n) is 17.0. The van der Waals surface area contributed by atoms with Gasteiger partial charge in [-0.3, -0.25) is 10.0 Å². The number of amides is 1. The molecule has 0 atom stereocenters. The molecule has 4 aromatic rings. The first-order chi connectivity index (χ1) is 15.2. The molecule has 31 heavy (non-hydrogen) atoms. The molecular weight excluding hydrogens is 392 g/mol. The Morgan fingerprint density at radius 1 is 1.10 bits per heavy atom. The van der Waals surface area contributed by atoms with E-state index < -0.39 is 5.91 Å². The van der Waals surface area contributed by atoms with E-state index in [2.05, 4.69) is 67.6 Å². The summed E-state index contributed by atoms with van der Waals surface area (Å²) >= 11 is 0. The molecule has 1 amide bonds. The quantitative estimate of drug-likeness (QED) is 0.301. The Morgan fingerprint density at radius 2 is 1.84 bits per heavy atom. The zero-order valence-corrected chi connectivity index (χ0v) is 17.0. The van der Waals surface area contributed by atoms with E-state index in [1.54, 1.807) is 5.48 Å². The van der Waals surface area contributed by atoms with Crippen LogP contribution in [0.5, 0.6) is 0 Å². The lowest BCUT2D eigenvalue weighted by Gasteiger charge is -2.27. The minimum atomic E-state index is -0.626. The number of benzene rings is 2. The van der Waals surface area contributed by atoms with Crippen LogP contribution in [0.25, 0.3) is 22.0 Å². The summed E-state index contributed by atoms with van der Waals surface area (Å²) in [5.41, 5.74) is 8.85. The van der Waals surface area contributed by atoms with E-state index in [1.807, 2.05) is 7.05 Å². The van der Waals surface area contributed by atoms with Crippen LogP contribution in [0.15, 0.2) is 54.9 Å². The number of nitrogens with zero attached hydrogens (tertiary/aromatic N) is 3. The van der Waals surface area contributed by atoms with Crippen LogP contribution in [0, 0.1) is 0 Å². The van der Waals surface area contributed by atoms with Gasteiger partial charge >= 0.3 is 0 Å². The molecule has 4 N–H and O–H groups in total. The maximum atomic E-state index is 11.5. The van der Waals surface area contributed by atoms with E-state index in [9.17, 15) is 4.79 Å². The van der Waals surface area contributed by atoms with Crippen LogP contribution in [-0.4, -0.2) is 39.7 Å². The predicted octanol–water partition coefficient (Wildman–Crippen LogP) is 3.35. The summed E-state index contributed by atoms with van der Waals surface area (Å²) in [6, 6.07) is 14.9. The van der Waals surface area contributed by atoms with Crippen molar-refractivity contribution in [3.8, 4) is 11.1 Å². The van der Waals surface area contributed by atoms with Crippen molar-refractivity contribution in [2.75, 3.05) is 23.8 Å². The number of hydrogen-bond donors (Lipinski definition) is 4. The highest BCUT2D eigenvalue weighted by Crippen LogP contribution is 2.32. The molecule has 0 unspecified atom stereocenters. The summed E-state index contributed by atoms with van der Waals surface area (Å²) in [5.74, 6) is -0.0623. The third-order valence-electron chi connectivity index (χ3n) is 5.77. The lowest BCUT2D eigenvalue weighted by Crippen LogP contribution is -2.31. The second-order valence-corrected chi connectivity index (χ2v) is 7.55. The molecule has 0 saturated heterocycles. The maximum Gasteiger partial charge on any atom is 0.277 e. The Hall–Kier alpha value is -3.91. The third-order valence-corrected chi connectivity index (χ3v) is 5.77. The molecule has 0 aliphatic carbocycles. The molecule has 0 spiro atoms. The fraction of sp³-hybridized carbons (Fsp3) is 0.174. The molecule has 0 bridgehead atoms. The number of carbonyl (C=O) groups excluding carboxylic acids is 1. The monoisotopic (exact) mass is 414 g/mol. The van der Waals surface area contributed by atoms with Crippen molar-refractivity contribution in [2.24, 2.45) is 0 Å². The van der Waals surface area contributed by atoms with Gasteiger partial charge in [-0.05, 0) is 35.4 Å². The molecule has 0 saturated carbocycles. The lowest BCUT2D eigenvalue weighted by atomic mass is 10.00. The van der Waals surface area contributed by atoms with Gasteiger partial charge in [0.1, 0.15) is 0 Å². The zero-order chi connectivity index (χ0) is 21.4. The van der Waals surface area contributed by atoms with Crippen molar-refractivity contribution >= 4 is 28.4 Å². The van der Waals surface area contributed by atoms with Crippen LogP contribution in [-0.2, 0) is 13.0 Å². The predicted molar refractivity (Wildman–Crippen MR) is 119 cm³/mol. The molecule has 8 heteroatoms. The Bertz CT molecular complexity index is 1250.